The molecule has 0 aliphatic carbocycles. The van der Waals surface area contributed by atoms with Gasteiger partial charge in [-0.1, -0.05) is 12.1 Å². The predicted molar refractivity (Wildman–Crippen MR) is 90.9 cm³/mol. The summed E-state index contributed by atoms with van der Waals surface area (Å²) in [5.74, 6) is -0.103. The van der Waals surface area contributed by atoms with Crippen LogP contribution in [0.15, 0.2) is 63.8 Å². The van der Waals surface area contributed by atoms with Gasteiger partial charge in [-0.25, -0.2) is 9.18 Å². The van der Waals surface area contributed by atoms with Crippen LogP contribution in [0.25, 0.3) is 11.0 Å². The number of amides is 1. The largest absolute Gasteiger partial charge is 0.484 e. The van der Waals surface area contributed by atoms with Gasteiger partial charge < -0.3 is 14.1 Å². The summed E-state index contributed by atoms with van der Waals surface area (Å²) >= 11 is 0. The number of carbonyl (C=O) groups is 1. The molecule has 0 N–H and O–H groups in total. The summed E-state index contributed by atoms with van der Waals surface area (Å²) in [4.78, 5) is 24.9. The van der Waals surface area contributed by atoms with Gasteiger partial charge in [-0.05, 0) is 35.9 Å². The van der Waals surface area contributed by atoms with Gasteiger partial charge in [0, 0.05) is 31.1 Å². The lowest BCUT2D eigenvalue weighted by Gasteiger charge is -2.17. The van der Waals surface area contributed by atoms with Crippen LogP contribution in [0.4, 0.5) is 4.39 Å². The summed E-state index contributed by atoms with van der Waals surface area (Å²) in [7, 11) is 1.65. The third-order valence-corrected chi connectivity index (χ3v) is 3.72. The van der Waals surface area contributed by atoms with E-state index in [4.69, 9.17) is 9.15 Å². The molecule has 0 aliphatic rings. The molecule has 1 aromatic heterocycles. The van der Waals surface area contributed by atoms with E-state index in [0.717, 1.165) is 10.9 Å². The molecule has 0 radical (unpaired) electrons. The number of hydrogen-bond acceptors (Lipinski definition) is 4. The van der Waals surface area contributed by atoms with E-state index in [1.54, 1.807) is 43.4 Å². The topological polar surface area (TPSA) is 59.8 Å². The second-order valence-electron chi connectivity index (χ2n) is 5.62. The summed E-state index contributed by atoms with van der Waals surface area (Å²) < 4.78 is 23.5. The first-order valence-corrected chi connectivity index (χ1v) is 7.66. The van der Waals surface area contributed by atoms with Gasteiger partial charge in [-0.2, -0.15) is 0 Å². The van der Waals surface area contributed by atoms with Crippen LogP contribution in [0.2, 0.25) is 0 Å². The van der Waals surface area contributed by atoms with E-state index in [1.165, 1.54) is 23.1 Å². The summed E-state index contributed by atoms with van der Waals surface area (Å²) in [5.41, 5.74) is 0.779. The zero-order valence-electron chi connectivity index (χ0n) is 13.6. The van der Waals surface area contributed by atoms with E-state index in [0.29, 0.717) is 17.9 Å². The number of hydrogen-bond donors (Lipinski definition) is 0. The molecular weight excluding hydrogens is 325 g/mol. The van der Waals surface area contributed by atoms with Crippen molar-refractivity contribution in [2.75, 3.05) is 13.7 Å². The molecule has 0 aliphatic heterocycles. The standard InChI is InChI=1S/C19H16FNO4/c1-21(11-13-2-6-15(20)7-3-13)18(22)12-24-16-8-4-14-5-9-19(23)25-17(14)10-16/h2-10H,11-12H2,1H3. The molecule has 25 heavy (non-hydrogen) atoms. The van der Waals surface area contributed by atoms with Gasteiger partial charge in [-0.15, -0.1) is 0 Å². The minimum atomic E-state index is -0.445. The number of likely N-dealkylation sites (N-methyl/N-ethyl adjacent to an activating group) is 1. The molecule has 0 unspecified atom stereocenters. The van der Waals surface area contributed by atoms with E-state index in [-0.39, 0.29) is 18.3 Å². The highest BCUT2D eigenvalue weighted by molar-refractivity contribution is 5.79. The minimum absolute atomic E-state index is 0.153. The first-order chi connectivity index (χ1) is 12.0. The third kappa shape index (κ3) is 4.23. The van der Waals surface area contributed by atoms with E-state index in [2.05, 4.69) is 0 Å². The Labute approximate surface area is 143 Å². The summed E-state index contributed by atoms with van der Waals surface area (Å²) in [5, 5.41) is 0.770. The smallest absolute Gasteiger partial charge is 0.336 e. The van der Waals surface area contributed by atoms with Crippen LogP contribution in [-0.2, 0) is 11.3 Å². The van der Waals surface area contributed by atoms with Crippen LogP contribution in [0.3, 0.4) is 0 Å². The van der Waals surface area contributed by atoms with Gasteiger partial charge in [0.05, 0.1) is 0 Å². The van der Waals surface area contributed by atoms with E-state index < -0.39 is 5.63 Å². The van der Waals surface area contributed by atoms with E-state index in [9.17, 15) is 14.0 Å². The number of halogens is 1. The summed E-state index contributed by atoms with van der Waals surface area (Å²) in [6.45, 7) is 0.204. The molecule has 5 nitrogen and oxygen atoms in total. The number of rotatable bonds is 5. The lowest BCUT2D eigenvalue weighted by atomic mass is 10.2. The summed E-state index contributed by atoms with van der Waals surface area (Å²) in [6.07, 6.45) is 0. The minimum Gasteiger partial charge on any atom is -0.484 e. The molecule has 0 spiro atoms. The average Bonchev–Trinajstić information content (AvgIpc) is 2.61. The first-order valence-electron chi connectivity index (χ1n) is 7.66. The first kappa shape index (κ1) is 16.7. The van der Waals surface area contributed by atoms with Gasteiger partial charge in [0.2, 0.25) is 0 Å². The lowest BCUT2D eigenvalue weighted by Crippen LogP contribution is -2.30. The molecule has 128 valence electrons. The molecule has 3 aromatic rings. The predicted octanol–water partition coefficient (Wildman–Crippen LogP) is 2.97. The Bertz CT molecular complexity index is 950. The van der Waals surface area contributed by atoms with Crippen molar-refractivity contribution < 1.29 is 18.3 Å². The van der Waals surface area contributed by atoms with Gasteiger partial charge in [0.15, 0.2) is 6.61 Å². The number of carbonyl (C=O) groups excluding carboxylic acids is 1. The van der Waals surface area contributed by atoms with Crippen molar-refractivity contribution in [3.8, 4) is 5.75 Å². The normalized spacial score (nSPS) is 10.6. The number of benzene rings is 2. The van der Waals surface area contributed by atoms with E-state index >= 15 is 0 Å². The number of nitrogens with zero attached hydrogens (tertiary/aromatic N) is 1. The van der Waals surface area contributed by atoms with Crippen molar-refractivity contribution in [2.45, 2.75) is 6.54 Å². The van der Waals surface area contributed by atoms with Crippen molar-refractivity contribution >= 4 is 16.9 Å². The second kappa shape index (κ2) is 7.17. The zero-order chi connectivity index (χ0) is 17.8. The molecule has 1 amide bonds. The Morgan fingerprint density at radius 3 is 2.60 bits per heavy atom. The molecule has 3 rings (SSSR count). The number of fused-ring (bicyclic) bond motifs is 1. The molecule has 6 heteroatoms. The number of ether oxygens (including phenoxy) is 1. The van der Waals surface area contributed by atoms with Crippen LogP contribution in [0.1, 0.15) is 5.56 Å². The fourth-order valence-corrected chi connectivity index (χ4v) is 2.34. The average molecular weight is 341 g/mol. The van der Waals surface area contributed by atoms with Crippen molar-refractivity contribution in [1.29, 1.82) is 0 Å². The fourth-order valence-electron chi connectivity index (χ4n) is 2.34. The Balaban J connectivity index is 1.61. The molecule has 0 bridgehead atoms. The van der Waals surface area contributed by atoms with Gasteiger partial charge >= 0.3 is 5.63 Å². The molecule has 0 saturated heterocycles. The zero-order valence-corrected chi connectivity index (χ0v) is 13.6. The van der Waals surface area contributed by atoms with Crippen LogP contribution in [-0.4, -0.2) is 24.5 Å². The monoisotopic (exact) mass is 341 g/mol. The molecule has 0 atom stereocenters. The van der Waals surface area contributed by atoms with Gasteiger partial charge in [0.1, 0.15) is 17.1 Å². The quantitative estimate of drug-likeness (QED) is 0.670. The van der Waals surface area contributed by atoms with Gasteiger partial charge in [-0.3, -0.25) is 4.79 Å². The highest BCUT2D eigenvalue weighted by atomic mass is 19.1. The second-order valence-corrected chi connectivity index (χ2v) is 5.62. The molecule has 2 aromatic carbocycles. The Hall–Kier alpha value is -3.15. The molecule has 1 heterocycles. The van der Waals surface area contributed by atoms with Crippen LogP contribution in [0.5, 0.6) is 5.75 Å². The highest BCUT2D eigenvalue weighted by Crippen LogP contribution is 2.19. The summed E-state index contributed by atoms with van der Waals surface area (Å²) in [6, 6.07) is 14.0. The van der Waals surface area contributed by atoms with Crippen molar-refractivity contribution in [3.05, 3.63) is 76.4 Å². The Kier molecular flexibility index (Phi) is 4.79. The van der Waals surface area contributed by atoms with Crippen LogP contribution in [0, 0.1) is 5.82 Å². The third-order valence-electron chi connectivity index (χ3n) is 3.72. The lowest BCUT2D eigenvalue weighted by molar-refractivity contribution is -0.132. The maximum atomic E-state index is 12.9. The molecule has 0 fully saturated rings. The van der Waals surface area contributed by atoms with Crippen molar-refractivity contribution in [3.63, 3.8) is 0 Å². The fraction of sp³-hybridized carbons (Fsp3) is 0.158. The Morgan fingerprint density at radius 2 is 1.84 bits per heavy atom. The Morgan fingerprint density at radius 1 is 1.12 bits per heavy atom. The molecule has 0 saturated carbocycles. The maximum Gasteiger partial charge on any atom is 0.336 e. The SMILES string of the molecule is CN(Cc1ccc(F)cc1)C(=O)COc1ccc2ccc(=O)oc2c1. The van der Waals surface area contributed by atoms with E-state index in [1.807, 2.05) is 0 Å². The van der Waals surface area contributed by atoms with Gasteiger partial charge in [0.25, 0.3) is 5.91 Å². The highest BCUT2D eigenvalue weighted by Gasteiger charge is 2.11. The van der Waals surface area contributed by atoms with Crippen molar-refractivity contribution in [1.82, 2.24) is 4.90 Å². The maximum absolute atomic E-state index is 12.9. The van der Waals surface area contributed by atoms with Crippen molar-refractivity contribution in [2.24, 2.45) is 0 Å². The van der Waals surface area contributed by atoms with Crippen LogP contribution < -0.4 is 10.4 Å². The molecular formula is C19H16FNO4. The van der Waals surface area contributed by atoms with Crippen LogP contribution >= 0.6 is 0 Å².